The van der Waals surface area contributed by atoms with Crippen molar-refractivity contribution in [1.29, 1.82) is 0 Å². The Morgan fingerprint density at radius 3 is 1.77 bits per heavy atom. The van der Waals surface area contributed by atoms with Crippen LogP contribution in [0.2, 0.25) is 0 Å². The van der Waals surface area contributed by atoms with E-state index in [0.29, 0.717) is 11.1 Å². The van der Waals surface area contributed by atoms with Crippen LogP contribution in [0.3, 0.4) is 0 Å². The van der Waals surface area contributed by atoms with Crippen molar-refractivity contribution < 1.29 is 14.3 Å². The number of piperidine rings is 2. The lowest BCUT2D eigenvalue weighted by molar-refractivity contribution is 0.0825. The summed E-state index contributed by atoms with van der Waals surface area (Å²) in [6.45, 7) is 4.46. The number of ketones is 2. The Morgan fingerprint density at radius 2 is 1.13 bits per heavy atom. The second kappa shape index (κ2) is 12.2. The number of carbonyl (C=O) groups is 2. The molecule has 1 aliphatic carbocycles. The molecule has 0 saturated carbocycles. The van der Waals surface area contributed by atoms with Gasteiger partial charge in [0.1, 0.15) is 5.75 Å². The number of Topliss-reactive ketones (excluding diaryl/α,β-unsaturated/α-hetero) is 2. The molecule has 5 nitrogen and oxygen atoms in total. The molecule has 0 atom stereocenters. The predicted molar refractivity (Wildman–Crippen MR) is 211 cm³/mol. The highest BCUT2D eigenvalue weighted by molar-refractivity contribution is 6.57. The van der Waals surface area contributed by atoms with E-state index in [1.807, 2.05) is 18.2 Å². The highest BCUT2D eigenvalue weighted by Crippen LogP contribution is 2.46. The summed E-state index contributed by atoms with van der Waals surface area (Å²) in [4.78, 5) is 30.3. The Hall–Kier alpha value is -5.68. The first-order valence-electron chi connectivity index (χ1n) is 18.9. The predicted octanol–water partition coefficient (Wildman–Crippen LogP) is 10.4. The van der Waals surface area contributed by atoms with Gasteiger partial charge in [-0.1, -0.05) is 66.7 Å². The average molecular weight is 681 g/mol. The van der Waals surface area contributed by atoms with Crippen LogP contribution in [0.1, 0.15) is 75.9 Å². The van der Waals surface area contributed by atoms with Crippen molar-refractivity contribution in [2.75, 3.05) is 36.0 Å². The van der Waals surface area contributed by atoms with Gasteiger partial charge in [0, 0.05) is 70.8 Å². The molecule has 4 aliphatic rings. The van der Waals surface area contributed by atoms with Crippen molar-refractivity contribution in [3.05, 3.63) is 143 Å². The van der Waals surface area contributed by atoms with Crippen LogP contribution in [0.25, 0.3) is 38.7 Å². The van der Waals surface area contributed by atoms with Crippen molar-refractivity contribution >= 4 is 50.6 Å². The van der Waals surface area contributed by atoms with Crippen molar-refractivity contribution in [2.24, 2.45) is 0 Å². The first kappa shape index (κ1) is 31.1. The summed E-state index contributed by atoms with van der Waals surface area (Å²) < 4.78 is 7.22. The van der Waals surface area contributed by atoms with Crippen LogP contribution < -0.4 is 14.5 Å². The monoisotopic (exact) mass is 680 g/mol. The fourth-order valence-electron chi connectivity index (χ4n) is 9.07. The maximum absolute atomic E-state index is 12.7. The Morgan fingerprint density at radius 1 is 0.538 bits per heavy atom. The zero-order chi connectivity index (χ0) is 34.8. The van der Waals surface area contributed by atoms with Gasteiger partial charge in [0.15, 0.2) is 5.60 Å². The fourth-order valence-corrected chi connectivity index (χ4v) is 9.07. The molecular formula is C47H40N2O3. The molecule has 2 fully saturated rings. The maximum atomic E-state index is 12.7. The highest BCUT2D eigenvalue weighted by atomic mass is 16.5. The van der Waals surface area contributed by atoms with E-state index in [9.17, 15) is 9.59 Å². The summed E-state index contributed by atoms with van der Waals surface area (Å²) in [5, 5.41) is 3.91. The normalized spacial score (nSPS) is 17.8. The molecule has 5 heteroatoms. The van der Waals surface area contributed by atoms with Gasteiger partial charge in [-0.25, -0.2) is 0 Å². The largest absolute Gasteiger partial charge is 0.473 e. The first-order valence-corrected chi connectivity index (χ1v) is 18.9. The topological polar surface area (TPSA) is 49.9 Å². The number of carbonyl (C=O) groups excluding carboxylic acids is 2. The SMILES string of the molecule is O=C1C(=O)c2ccc(-c3ccc4c5c(ccc4c3)OC(c3ccc(N4CCCCC4)cc3)(c3ccc(N4CCCCC4)cc3)C=C5)c3cccc1c23. The van der Waals surface area contributed by atoms with E-state index < -0.39 is 17.2 Å². The molecule has 3 aliphatic heterocycles. The third kappa shape index (κ3) is 4.90. The van der Waals surface area contributed by atoms with Gasteiger partial charge in [0.05, 0.1) is 0 Å². The quantitative estimate of drug-likeness (QED) is 0.170. The van der Waals surface area contributed by atoms with E-state index >= 15 is 0 Å². The van der Waals surface area contributed by atoms with Gasteiger partial charge in [-0.05, 0) is 120 Å². The number of fused-ring (bicyclic) bond motifs is 3. The van der Waals surface area contributed by atoms with Crippen LogP contribution in [-0.4, -0.2) is 37.7 Å². The average Bonchev–Trinajstić information content (AvgIpc) is 3.47. The molecule has 2 saturated heterocycles. The third-order valence-electron chi connectivity index (χ3n) is 11.9. The van der Waals surface area contributed by atoms with Gasteiger partial charge < -0.3 is 14.5 Å². The fraction of sp³-hybridized carbons (Fsp3) is 0.234. The molecule has 6 aromatic carbocycles. The van der Waals surface area contributed by atoms with E-state index in [1.165, 1.54) is 49.9 Å². The molecule has 10 rings (SSSR count). The Balaban J connectivity index is 1.04. The first-order chi connectivity index (χ1) is 25.6. The van der Waals surface area contributed by atoms with Gasteiger partial charge in [-0.2, -0.15) is 0 Å². The summed E-state index contributed by atoms with van der Waals surface area (Å²) in [6.07, 6.45) is 12.1. The standard InChI is InChI=1S/C47H40N2O3/c50-45-41-9-7-8-40-38(21-22-42(44(40)41)46(45)51)31-10-20-37-32(30-31)11-23-43-39(37)24-25-47(52-43,33-12-16-35(17-13-33)48-26-3-1-4-27-48)34-14-18-36(19-15-34)49-28-5-2-6-29-49/h7-25,30H,1-6,26-29H2. The zero-order valence-corrected chi connectivity index (χ0v) is 29.2. The lowest BCUT2D eigenvalue weighted by Crippen LogP contribution is -2.35. The number of ether oxygens (including phenoxy) is 1. The summed E-state index contributed by atoms with van der Waals surface area (Å²) >= 11 is 0. The smallest absolute Gasteiger partial charge is 0.234 e. The Labute approximate surface area is 304 Å². The van der Waals surface area contributed by atoms with Crippen LogP contribution in [0, 0.1) is 0 Å². The molecule has 0 amide bonds. The molecule has 0 bridgehead atoms. The summed E-state index contributed by atoms with van der Waals surface area (Å²) in [6, 6.07) is 38.3. The van der Waals surface area contributed by atoms with Crippen LogP contribution in [0.15, 0.2) is 115 Å². The van der Waals surface area contributed by atoms with E-state index in [4.69, 9.17) is 4.74 Å². The molecule has 6 aromatic rings. The van der Waals surface area contributed by atoms with Crippen LogP contribution in [-0.2, 0) is 5.60 Å². The van der Waals surface area contributed by atoms with Crippen LogP contribution >= 0.6 is 0 Å². The summed E-state index contributed by atoms with van der Waals surface area (Å²) in [5.41, 5.74) is 8.12. The van der Waals surface area contributed by atoms with E-state index in [1.54, 1.807) is 12.1 Å². The second-order valence-corrected chi connectivity index (χ2v) is 14.8. The number of hydrogen-bond acceptors (Lipinski definition) is 5. The molecule has 0 spiro atoms. The second-order valence-electron chi connectivity index (χ2n) is 14.8. The Kier molecular flexibility index (Phi) is 7.31. The van der Waals surface area contributed by atoms with E-state index in [-0.39, 0.29) is 0 Å². The number of nitrogens with zero attached hydrogens (tertiary/aromatic N) is 2. The molecule has 3 heterocycles. The number of benzene rings is 6. The summed E-state index contributed by atoms with van der Waals surface area (Å²) in [5.74, 6) is 0.0219. The Bertz CT molecular complexity index is 2350. The third-order valence-corrected chi connectivity index (χ3v) is 11.9. The molecule has 0 N–H and O–H groups in total. The number of hydrogen-bond donors (Lipinski definition) is 0. The molecule has 0 unspecified atom stereocenters. The van der Waals surface area contributed by atoms with Crippen molar-refractivity contribution in [3.8, 4) is 16.9 Å². The van der Waals surface area contributed by atoms with Crippen molar-refractivity contribution in [3.63, 3.8) is 0 Å². The molecule has 0 aromatic heterocycles. The zero-order valence-electron chi connectivity index (χ0n) is 29.2. The minimum Gasteiger partial charge on any atom is -0.473 e. The lowest BCUT2D eigenvalue weighted by Gasteiger charge is -2.37. The molecular weight excluding hydrogens is 641 g/mol. The highest BCUT2D eigenvalue weighted by Gasteiger charge is 2.38. The van der Waals surface area contributed by atoms with Crippen molar-refractivity contribution in [2.45, 2.75) is 44.1 Å². The molecule has 256 valence electrons. The van der Waals surface area contributed by atoms with E-state index in [2.05, 4.69) is 101 Å². The van der Waals surface area contributed by atoms with Gasteiger partial charge in [-0.15, -0.1) is 0 Å². The van der Waals surface area contributed by atoms with Crippen molar-refractivity contribution in [1.82, 2.24) is 0 Å². The van der Waals surface area contributed by atoms with Crippen LogP contribution in [0.4, 0.5) is 11.4 Å². The minimum atomic E-state index is -0.777. The van der Waals surface area contributed by atoms with E-state index in [0.717, 1.165) is 81.3 Å². The minimum absolute atomic E-state index is 0.415. The van der Waals surface area contributed by atoms with Gasteiger partial charge >= 0.3 is 0 Å². The van der Waals surface area contributed by atoms with Gasteiger partial charge in [0.2, 0.25) is 11.6 Å². The van der Waals surface area contributed by atoms with Gasteiger partial charge in [-0.3, -0.25) is 9.59 Å². The van der Waals surface area contributed by atoms with Crippen LogP contribution in [0.5, 0.6) is 5.75 Å². The van der Waals surface area contributed by atoms with Gasteiger partial charge in [0.25, 0.3) is 0 Å². The lowest BCUT2D eigenvalue weighted by atomic mass is 9.82. The molecule has 52 heavy (non-hydrogen) atoms. The number of anilines is 2. The number of rotatable bonds is 5. The maximum Gasteiger partial charge on any atom is 0.234 e. The molecule has 0 radical (unpaired) electrons. The summed E-state index contributed by atoms with van der Waals surface area (Å²) in [7, 11) is 0.